The summed E-state index contributed by atoms with van der Waals surface area (Å²) in [6.07, 6.45) is 0. The van der Waals surface area contributed by atoms with Gasteiger partial charge in [-0.25, -0.2) is 0 Å². The zero-order chi connectivity index (χ0) is 14.8. The Labute approximate surface area is 120 Å². The molecule has 0 bridgehead atoms. The Hall–Kier alpha value is -1.95. The number of guanidine groups is 1. The zero-order valence-corrected chi connectivity index (χ0v) is 12.5. The van der Waals surface area contributed by atoms with Crippen LogP contribution in [0.2, 0.25) is 0 Å². The highest BCUT2D eigenvalue weighted by Gasteiger charge is 2.06. The number of nitrogens with zero attached hydrogens (tertiary/aromatic N) is 1. The van der Waals surface area contributed by atoms with Gasteiger partial charge in [0.05, 0.1) is 20.3 Å². The molecule has 0 atom stereocenters. The van der Waals surface area contributed by atoms with Crippen LogP contribution in [-0.4, -0.2) is 47.0 Å². The monoisotopic (exact) mass is 281 g/mol. The van der Waals surface area contributed by atoms with Crippen LogP contribution in [0.3, 0.4) is 0 Å². The predicted octanol–water partition coefficient (Wildman–Crippen LogP) is 1.73. The average molecular weight is 281 g/mol. The van der Waals surface area contributed by atoms with Gasteiger partial charge in [-0.15, -0.1) is 0 Å². The van der Waals surface area contributed by atoms with Crippen LogP contribution in [-0.2, 0) is 4.74 Å². The Morgan fingerprint density at radius 1 is 1.25 bits per heavy atom. The van der Waals surface area contributed by atoms with Gasteiger partial charge in [0.25, 0.3) is 0 Å². The van der Waals surface area contributed by atoms with Crippen LogP contribution < -0.4 is 20.1 Å². The van der Waals surface area contributed by atoms with Crippen LogP contribution in [0.5, 0.6) is 11.5 Å². The molecule has 0 aliphatic carbocycles. The van der Waals surface area contributed by atoms with Gasteiger partial charge in [-0.05, 0) is 19.1 Å². The second-order valence-corrected chi connectivity index (χ2v) is 3.92. The van der Waals surface area contributed by atoms with Gasteiger partial charge in [0.2, 0.25) is 0 Å². The van der Waals surface area contributed by atoms with Crippen LogP contribution in [0.1, 0.15) is 6.92 Å². The fourth-order valence-corrected chi connectivity index (χ4v) is 1.61. The molecule has 0 heterocycles. The maximum atomic E-state index is 5.48. The SMILES string of the molecule is CCOc1ccc(NC(=NC)NCCOC)cc1OC. The third-order valence-electron chi connectivity index (χ3n) is 2.55. The molecule has 0 amide bonds. The minimum Gasteiger partial charge on any atom is -0.493 e. The van der Waals surface area contributed by atoms with Gasteiger partial charge in [0.1, 0.15) is 0 Å². The first-order valence-electron chi connectivity index (χ1n) is 6.52. The number of anilines is 1. The number of methoxy groups -OCH3 is 2. The van der Waals surface area contributed by atoms with Gasteiger partial charge in [-0.2, -0.15) is 0 Å². The standard InChI is InChI=1S/C14H23N3O3/c1-5-20-12-7-6-11(10-13(12)19-4)17-14(15-2)16-8-9-18-3/h6-7,10H,5,8-9H2,1-4H3,(H2,15,16,17). The molecule has 0 saturated heterocycles. The van der Waals surface area contributed by atoms with E-state index in [-0.39, 0.29) is 0 Å². The number of ether oxygens (including phenoxy) is 3. The van der Waals surface area contributed by atoms with Crippen molar-refractivity contribution in [1.29, 1.82) is 0 Å². The molecule has 1 aromatic rings. The molecule has 112 valence electrons. The quantitative estimate of drug-likeness (QED) is 0.453. The minimum atomic E-state index is 0.601. The molecule has 0 aromatic heterocycles. The maximum Gasteiger partial charge on any atom is 0.195 e. The molecular weight excluding hydrogens is 258 g/mol. The lowest BCUT2D eigenvalue weighted by Crippen LogP contribution is -2.33. The highest BCUT2D eigenvalue weighted by Crippen LogP contribution is 2.30. The minimum absolute atomic E-state index is 0.601. The molecule has 1 rings (SSSR count). The van der Waals surface area contributed by atoms with E-state index in [1.807, 2.05) is 25.1 Å². The fraction of sp³-hybridized carbons (Fsp3) is 0.500. The predicted molar refractivity (Wildman–Crippen MR) is 81.0 cm³/mol. The van der Waals surface area contributed by atoms with Crippen LogP contribution >= 0.6 is 0 Å². The van der Waals surface area contributed by atoms with Crippen molar-refractivity contribution in [1.82, 2.24) is 5.32 Å². The lowest BCUT2D eigenvalue weighted by molar-refractivity contribution is 0.204. The first-order chi connectivity index (χ1) is 9.74. The van der Waals surface area contributed by atoms with Gasteiger partial charge in [0, 0.05) is 32.5 Å². The fourth-order valence-electron chi connectivity index (χ4n) is 1.61. The first kappa shape index (κ1) is 16.1. The summed E-state index contributed by atoms with van der Waals surface area (Å²) < 4.78 is 15.8. The Balaban J connectivity index is 2.71. The Morgan fingerprint density at radius 2 is 2.05 bits per heavy atom. The summed E-state index contributed by atoms with van der Waals surface area (Å²) in [5.41, 5.74) is 0.871. The van der Waals surface area contributed by atoms with Crippen LogP contribution in [0, 0.1) is 0 Å². The number of aliphatic imine (C=N–C) groups is 1. The summed E-state index contributed by atoms with van der Waals surface area (Å²) in [5.74, 6) is 2.08. The van der Waals surface area contributed by atoms with Crippen molar-refractivity contribution < 1.29 is 14.2 Å². The zero-order valence-electron chi connectivity index (χ0n) is 12.5. The van der Waals surface area contributed by atoms with Crippen molar-refractivity contribution in [2.75, 3.05) is 46.3 Å². The molecule has 0 aliphatic rings. The van der Waals surface area contributed by atoms with Crippen molar-refractivity contribution >= 4 is 11.6 Å². The van der Waals surface area contributed by atoms with Crippen LogP contribution in [0.15, 0.2) is 23.2 Å². The molecular formula is C14H23N3O3. The second-order valence-electron chi connectivity index (χ2n) is 3.92. The van der Waals surface area contributed by atoms with E-state index in [1.54, 1.807) is 21.3 Å². The van der Waals surface area contributed by atoms with Gasteiger partial charge >= 0.3 is 0 Å². The van der Waals surface area contributed by atoms with E-state index in [4.69, 9.17) is 14.2 Å². The number of rotatable bonds is 7. The molecule has 6 heteroatoms. The molecule has 20 heavy (non-hydrogen) atoms. The van der Waals surface area contributed by atoms with Crippen LogP contribution in [0.4, 0.5) is 5.69 Å². The lowest BCUT2D eigenvalue weighted by Gasteiger charge is -2.14. The smallest absolute Gasteiger partial charge is 0.195 e. The van der Waals surface area contributed by atoms with E-state index in [0.717, 1.165) is 11.4 Å². The van der Waals surface area contributed by atoms with E-state index in [2.05, 4.69) is 15.6 Å². The first-order valence-corrected chi connectivity index (χ1v) is 6.52. The summed E-state index contributed by atoms with van der Waals surface area (Å²) in [6, 6.07) is 5.65. The number of hydrogen-bond donors (Lipinski definition) is 2. The number of benzene rings is 1. The number of nitrogens with one attached hydrogen (secondary N) is 2. The summed E-state index contributed by atoms with van der Waals surface area (Å²) >= 11 is 0. The molecule has 0 saturated carbocycles. The Bertz CT molecular complexity index is 436. The number of hydrogen-bond acceptors (Lipinski definition) is 4. The third kappa shape index (κ3) is 4.97. The third-order valence-corrected chi connectivity index (χ3v) is 2.55. The molecule has 0 unspecified atom stereocenters. The summed E-state index contributed by atoms with van der Waals surface area (Å²) in [7, 11) is 5.00. The molecule has 1 aromatic carbocycles. The van der Waals surface area contributed by atoms with Crippen molar-refractivity contribution in [3.05, 3.63) is 18.2 Å². The van der Waals surface area contributed by atoms with Gasteiger partial charge in [-0.1, -0.05) is 0 Å². The van der Waals surface area contributed by atoms with Crippen molar-refractivity contribution in [2.45, 2.75) is 6.92 Å². The maximum absolute atomic E-state index is 5.48. The van der Waals surface area contributed by atoms with Crippen molar-refractivity contribution in [2.24, 2.45) is 4.99 Å². The van der Waals surface area contributed by atoms with Gasteiger partial charge in [-0.3, -0.25) is 4.99 Å². The largest absolute Gasteiger partial charge is 0.493 e. The van der Waals surface area contributed by atoms with Gasteiger partial charge < -0.3 is 24.8 Å². The van der Waals surface area contributed by atoms with Gasteiger partial charge in [0.15, 0.2) is 17.5 Å². The Kier molecular flexibility index (Phi) is 7.27. The Morgan fingerprint density at radius 3 is 2.65 bits per heavy atom. The summed E-state index contributed by atoms with van der Waals surface area (Å²) in [4.78, 5) is 4.14. The molecule has 2 N–H and O–H groups in total. The highest BCUT2D eigenvalue weighted by molar-refractivity contribution is 5.93. The van der Waals surface area contributed by atoms with E-state index >= 15 is 0 Å². The molecule has 0 radical (unpaired) electrons. The van der Waals surface area contributed by atoms with E-state index in [9.17, 15) is 0 Å². The van der Waals surface area contributed by atoms with Crippen LogP contribution in [0.25, 0.3) is 0 Å². The lowest BCUT2D eigenvalue weighted by atomic mass is 10.2. The molecule has 0 spiro atoms. The van der Waals surface area contributed by atoms with E-state index < -0.39 is 0 Å². The summed E-state index contributed by atoms with van der Waals surface area (Å²) in [5, 5.41) is 6.32. The van der Waals surface area contributed by atoms with Crippen molar-refractivity contribution in [3.63, 3.8) is 0 Å². The topological polar surface area (TPSA) is 64.1 Å². The highest BCUT2D eigenvalue weighted by atomic mass is 16.5. The molecule has 0 fully saturated rings. The van der Waals surface area contributed by atoms with E-state index in [1.165, 1.54) is 0 Å². The average Bonchev–Trinajstić information content (AvgIpc) is 2.48. The van der Waals surface area contributed by atoms with E-state index in [0.29, 0.717) is 31.5 Å². The van der Waals surface area contributed by atoms with Crippen molar-refractivity contribution in [3.8, 4) is 11.5 Å². The molecule has 6 nitrogen and oxygen atoms in total. The normalized spacial score (nSPS) is 11.1. The summed E-state index contributed by atoms with van der Waals surface area (Å²) in [6.45, 7) is 3.84. The second kappa shape index (κ2) is 9.03. The molecule has 0 aliphatic heterocycles.